The molecule has 0 aliphatic carbocycles. The summed E-state index contributed by atoms with van der Waals surface area (Å²) in [6.45, 7) is 9.51. The molecule has 1 atom stereocenters. The third-order valence-electron chi connectivity index (χ3n) is 3.50. The van der Waals surface area contributed by atoms with Crippen LogP contribution in [0.3, 0.4) is 0 Å². The lowest BCUT2D eigenvalue weighted by molar-refractivity contribution is 0.390. The largest absolute Gasteiger partial charge is 0.361 e. The van der Waals surface area contributed by atoms with Crippen molar-refractivity contribution in [2.24, 2.45) is 0 Å². The van der Waals surface area contributed by atoms with Crippen molar-refractivity contribution >= 4 is 0 Å². The normalized spacial score (nSPS) is 12.9. The van der Waals surface area contributed by atoms with Gasteiger partial charge in [-0.3, -0.25) is 0 Å². The molecule has 0 aliphatic rings. The zero-order valence-corrected chi connectivity index (χ0v) is 12.4. The van der Waals surface area contributed by atoms with Gasteiger partial charge < -0.3 is 9.84 Å². The molecule has 0 aliphatic heterocycles. The lowest BCUT2D eigenvalue weighted by atomic mass is 10.1. The Morgan fingerprint density at radius 1 is 1.11 bits per heavy atom. The van der Waals surface area contributed by atoms with Crippen LogP contribution in [0, 0.1) is 13.8 Å². The monoisotopic (exact) mass is 252 g/mol. The SMILES string of the molecule is CCCCCCCCNC(C)c1c(C)noc1C. The number of nitrogens with zero attached hydrogens (tertiary/aromatic N) is 1. The zero-order valence-electron chi connectivity index (χ0n) is 12.4. The van der Waals surface area contributed by atoms with Gasteiger partial charge in [-0.05, 0) is 33.7 Å². The first-order valence-corrected chi connectivity index (χ1v) is 7.33. The Labute approximate surface area is 111 Å². The lowest BCUT2D eigenvalue weighted by Crippen LogP contribution is -2.20. The van der Waals surface area contributed by atoms with Crippen LogP contribution in [0.4, 0.5) is 0 Å². The summed E-state index contributed by atoms with van der Waals surface area (Å²) in [6, 6.07) is 0.340. The number of unbranched alkanes of at least 4 members (excludes halogenated alkanes) is 5. The highest BCUT2D eigenvalue weighted by molar-refractivity contribution is 5.24. The smallest absolute Gasteiger partial charge is 0.138 e. The number of aromatic nitrogens is 1. The second kappa shape index (κ2) is 8.30. The molecule has 1 unspecified atom stereocenters. The van der Waals surface area contributed by atoms with Crippen molar-refractivity contribution in [3.63, 3.8) is 0 Å². The molecule has 0 aromatic carbocycles. The van der Waals surface area contributed by atoms with Crippen LogP contribution in [-0.4, -0.2) is 11.7 Å². The van der Waals surface area contributed by atoms with Gasteiger partial charge in [0.2, 0.25) is 0 Å². The van der Waals surface area contributed by atoms with Crippen LogP contribution < -0.4 is 5.32 Å². The van der Waals surface area contributed by atoms with E-state index in [-0.39, 0.29) is 0 Å². The van der Waals surface area contributed by atoms with Crippen molar-refractivity contribution in [3.8, 4) is 0 Å². The van der Waals surface area contributed by atoms with E-state index in [1.807, 2.05) is 13.8 Å². The maximum Gasteiger partial charge on any atom is 0.138 e. The van der Waals surface area contributed by atoms with Gasteiger partial charge in [0, 0.05) is 11.6 Å². The van der Waals surface area contributed by atoms with E-state index in [9.17, 15) is 0 Å². The second-order valence-corrected chi connectivity index (χ2v) is 5.18. The van der Waals surface area contributed by atoms with Crippen molar-refractivity contribution < 1.29 is 4.52 Å². The Bertz CT molecular complexity index is 314. The highest BCUT2D eigenvalue weighted by atomic mass is 16.5. The minimum Gasteiger partial charge on any atom is -0.361 e. The van der Waals surface area contributed by atoms with Gasteiger partial charge in [-0.2, -0.15) is 0 Å². The summed E-state index contributed by atoms with van der Waals surface area (Å²) < 4.78 is 5.20. The molecule has 1 heterocycles. The van der Waals surface area contributed by atoms with Gasteiger partial charge in [-0.15, -0.1) is 0 Å². The third kappa shape index (κ3) is 4.81. The summed E-state index contributed by atoms with van der Waals surface area (Å²) in [7, 11) is 0. The van der Waals surface area contributed by atoms with Crippen LogP contribution in [0.2, 0.25) is 0 Å². The quantitative estimate of drug-likeness (QED) is 0.666. The highest BCUT2D eigenvalue weighted by Gasteiger charge is 2.15. The van der Waals surface area contributed by atoms with Gasteiger partial charge in [0.25, 0.3) is 0 Å². The fourth-order valence-corrected chi connectivity index (χ4v) is 2.43. The molecule has 0 saturated carbocycles. The Balaban J connectivity index is 2.16. The molecular formula is C15H28N2O. The minimum atomic E-state index is 0.340. The van der Waals surface area contributed by atoms with E-state index in [1.54, 1.807) is 0 Å². The summed E-state index contributed by atoms with van der Waals surface area (Å²) in [5, 5.41) is 7.56. The molecule has 0 saturated heterocycles. The first-order chi connectivity index (χ1) is 8.66. The fraction of sp³-hybridized carbons (Fsp3) is 0.800. The molecule has 18 heavy (non-hydrogen) atoms. The first kappa shape index (κ1) is 15.2. The van der Waals surface area contributed by atoms with Crippen LogP contribution in [0.1, 0.15) is 75.4 Å². The van der Waals surface area contributed by atoms with Gasteiger partial charge in [-0.25, -0.2) is 0 Å². The molecule has 0 amide bonds. The number of rotatable bonds is 9. The van der Waals surface area contributed by atoms with Crippen LogP contribution >= 0.6 is 0 Å². The molecule has 104 valence electrons. The molecule has 3 heteroatoms. The Hall–Kier alpha value is -0.830. The summed E-state index contributed by atoms with van der Waals surface area (Å²) >= 11 is 0. The topological polar surface area (TPSA) is 38.1 Å². The van der Waals surface area contributed by atoms with Gasteiger partial charge in [-0.1, -0.05) is 44.2 Å². The van der Waals surface area contributed by atoms with Gasteiger partial charge in [0.15, 0.2) is 0 Å². The number of hydrogen-bond donors (Lipinski definition) is 1. The number of nitrogens with one attached hydrogen (secondary N) is 1. The van der Waals surface area contributed by atoms with Gasteiger partial charge in [0.05, 0.1) is 5.69 Å². The number of aryl methyl sites for hydroxylation is 2. The van der Waals surface area contributed by atoms with E-state index < -0.39 is 0 Å². The Morgan fingerprint density at radius 2 is 1.78 bits per heavy atom. The van der Waals surface area contributed by atoms with E-state index in [0.29, 0.717) is 6.04 Å². The van der Waals surface area contributed by atoms with Crippen LogP contribution in [0.15, 0.2) is 4.52 Å². The van der Waals surface area contributed by atoms with Crippen LogP contribution in [0.25, 0.3) is 0 Å². The average molecular weight is 252 g/mol. The van der Waals surface area contributed by atoms with Gasteiger partial charge >= 0.3 is 0 Å². The first-order valence-electron chi connectivity index (χ1n) is 7.33. The molecule has 0 bridgehead atoms. The van der Waals surface area contributed by atoms with E-state index in [2.05, 4.69) is 24.3 Å². The summed E-state index contributed by atoms with van der Waals surface area (Å²) in [5.41, 5.74) is 2.23. The standard InChI is InChI=1S/C15H28N2O/c1-5-6-7-8-9-10-11-16-12(2)15-13(3)17-18-14(15)4/h12,16H,5-11H2,1-4H3. The molecule has 1 N–H and O–H groups in total. The Morgan fingerprint density at radius 3 is 2.39 bits per heavy atom. The summed E-state index contributed by atoms with van der Waals surface area (Å²) in [5.74, 6) is 0.940. The molecule has 3 nitrogen and oxygen atoms in total. The molecule has 1 rings (SSSR count). The molecule has 0 spiro atoms. The van der Waals surface area contributed by atoms with Crippen LogP contribution in [0.5, 0.6) is 0 Å². The third-order valence-corrected chi connectivity index (χ3v) is 3.50. The van der Waals surface area contributed by atoms with Crippen molar-refractivity contribution in [2.75, 3.05) is 6.54 Å². The molecule has 1 aromatic heterocycles. The maximum atomic E-state index is 5.20. The van der Waals surface area contributed by atoms with E-state index >= 15 is 0 Å². The Kier molecular flexibility index (Phi) is 7.02. The predicted molar refractivity (Wildman–Crippen MR) is 75.8 cm³/mol. The lowest BCUT2D eigenvalue weighted by Gasteiger charge is -2.13. The fourth-order valence-electron chi connectivity index (χ4n) is 2.43. The van der Waals surface area contributed by atoms with E-state index in [4.69, 9.17) is 4.52 Å². The number of hydrogen-bond acceptors (Lipinski definition) is 3. The van der Waals surface area contributed by atoms with Crippen LogP contribution in [-0.2, 0) is 0 Å². The highest BCUT2D eigenvalue weighted by Crippen LogP contribution is 2.20. The van der Waals surface area contributed by atoms with Gasteiger partial charge in [0.1, 0.15) is 5.76 Å². The second-order valence-electron chi connectivity index (χ2n) is 5.18. The van der Waals surface area contributed by atoms with Crippen molar-refractivity contribution in [1.29, 1.82) is 0 Å². The predicted octanol–water partition coefficient (Wildman–Crippen LogP) is 4.30. The van der Waals surface area contributed by atoms with E-state index in [1.165, 1.54) is 44.1 Å². The maximum absolute atomic E-state index is 5.20. The molecule has 0 radical (unpaired) electrons. The molecule has 1 aromatic rings. The molecular weight excluding hydrogens is 224 g/mol. The van der Waals surface area contributed by atoms with Crippen molar-refractivity contribution in [1.82, 2.24) is 10.5 Å². The molecule has 0 fully saturated rings. The minimum absolute atomic E-state index is 0.340. The van der Waals surface area contributed by atoms with Crippen molar-refractivity contribution in [3.05, 3.63) is 17.0 Å². The van der Waals surface area contributed by atoms with Crippen molar-refractivity contribution in [2.45, 2.75) is 72.3 Å². The summed E-state index contributed by atoms with van der Waals surface area (Å²) in [6.07, 6.45) is 8.05. The average Bonchev–Trinajstić information content (AvgIpc) is 2.68. The van der Waals surface area contributed by atoms with E-state index in [0.717, 1.165) is 18.0 Å². The summed E-state index contributed by atoms with van der Waals surface area (Å²) in [4.78, 5) is 0. The zero-order chi connectivity index (χ0) is 13.4.